The van der Waals surface area contributed by atoms with Crippen molar-refractivity contribution in [1.29, 1.82) is 0 Å². The third-order valence-corrected chi connectivity index (χ3v) is 5.01. The molecule has 6 nitrogen and oxygen atoms in total. The number of nitrogens with zero attached hydrogens (tertiary/aromatic N) is 2. The number of guanidine groups is 1. The van der Waals surface area contributed by atoms with Gasteiger partial charge in [0.1, 0.15) is 6.10 Å². The van der Waals surface area contributed by atoms with Crippen LogP contribution in [0, 0.1) is 5.82 Å². The van der Waals surface area contributed by atoms with Gasteiger partial charge in [-0.3, -0.25) is 9.89 Å². The van der Waals surface area contributed by atoms with Crippen molar-refractivity contribution >= 4 is 5.96 Å². The zero-order valence-corrected chi connectivity index (χ0v) is 17.7. The minimum atomic E-state index is -0.358. The Morgan fingerprint density at radius 2 is 1.80 bits per heavy atom. The van der Waals surface area contributed by atoms with Crippen LogP contribution in [-0.4, -0.2) is 56.9 Å². The summed E-state index contributed by atoms with van der Waals surface area (Å²) in [5, 5.41) is 6.60. The number of rotatable bonds is 8. The third kappa shape index (κ3) is 6.71. The summed E-state index contributed by atoms with van der Waals surface area (Å²) in [6.07, 6.45) is -0.214. The second kappa shape index (κ2) is 11.5. The number of halogens is 1. The van der Waals surface area contributed by atoms with Gasteiger partial charge < -0.3 is 20.1 Å². The zero-order chi connectivity index (χ0) is 21.2. The van der Waals surface area contributed by atoms with Crippen LogP contribution in [0.15, 0.2) is 53.5 Å². The van der Waals surface area contributed by atoms with Crippen LogP contribution in [0.5, 0.6) is 5.75 Å². The van der Waals surface area contributed by atoms with E-state index in [1.807, 2.05) is 6.92 Å². The lowest BCUT2D eigenvalue weighted by Gasteiger charge is -2.27. The molecule has 2 aromatic rings. The molecule has 0 saturated carbocycles. The molecule has 1 heterocycles. The van der Waals surface area contributed by atoms with Crippen molar-refractivity contribution in [2.45, 2.75) is 26.1 Å². The predicted octanol–water partition coefficient (Wildman–Crippen LogP) is 2.79. The van der Waals surface area contributed by atoms with E-state index < -0.39 is 0 Å². The molecule has 1 saturated heterocycles. The highest BCUT2D eigenvalue weighted by Gasteiger charge is 2.13. The molecule has 7 heteroatoms. The first-order chi connectivity index (χ1) is 14.7. The van der Waals surface area contributed by atoms with Gasteiger partial charge in [-0.25, -0.2) is 4.39 Å². The Balaban J connectivity index is 1.49. The van der Waals surface area contributed by atoms with Gasteiger partial charge in [-0.05, 0) is 30.2 Å². The van der Waals surface area contributed by atoms with Crippen molar-refractivity contribution in [3.05, 3.63) is 65.5 Å². The summed E-state index contributed by atoms with van der Waals surface area (Å²) >= 11 is 0. The number of hydrogen-bond acceptors (Lipinski definition) is 4. The summed E-state index contributed by atoms with van der Waals surface area (Å²) in [5.74, 6) is 0.579. The van der Waals surface area contributed by atoms with Crippen LogP contribution in [0.1, 0.15) is 18.1 Å². The van der Waals surface area contributed by atoms with Crippen LogP contribution in [0.2, 0.25) is 0 Å². The Morgan fingerprint density at radius 3 is 2.53 bits per heavy atom. The fourth-order valence-electron chi connectivity index (χ4n) is 3.32. The number of benzene rings is 2. The van der Waals surface area contributed by atoms with Gasteiger partial charge in [0.25, 0.3) is 0 Å². The van der Waals surface area contributed by atoms with Gasteiger partial charge in [-0.1, -0.05) is 36.4 Å². The molecule has 1 unspecified atom stereocenters. The maximum atomic E-state index is 13.7. The first kappa shape index (κ1) is 22.1. The van der Waals surface area contributed by atoms with Crippen molar-refractivity contribution in [3.63, 3.8) is 0 Å². The molecular weight excluding hydrogens is 383 g/mol. The third-order valence-electron chi connectivity index (χ3n) is 5.01. The summed E-state index contributed by atoms with van der Waals surface area (Å²) in [7, 11) is 1.73. The highest BCUT2D eigenvalue weighted by atomic mass is 19.1. The zero-order valence-electron chi connectivity index (χ0n) is 17.7. The molecule has 1 atom stereocenters. The van der Waals surface area contributed by atoms with Crippen LogP contribution in [0.3, 0.4) is 0 Å². The average molecular weight is 415 g/mol. The minimum absolute atomic E-state index is 0.214. The lowest BCUT2D eigenvalue weighted by molar-refractivity contribution is 0.0341. The quantitative estimate of drug-likeness (QED) is 0.514. The van der Waals surface area contributed by atoms with Gasteiger partial charge in [0.15, 0.2) is 17.5 Å². The number of para-hydroxylation sites is 1. The van der Waals surface area contributed by atoms with E-state index in [9.17, 15) is 4.39 Å². The summed E-state index contributed by atoms with van der Waals surface area (Å²) in [5.41, 5.74) is 2.54. The molecule has 0 radical (unpaired) electrons. The Morgan fingerprint density at radius 1 is 1.10 bits per heavy atom. The van der Waals surface area contributed by atoms with Crippen LogP contribution in [0.25, 0.3) is 0 Å². The first-order valence-electron chi connectivity index (χ1n) is 10.4. The van der Waals surface area contributed by atoms with Gasteiger partial charge in [-0.15, -0.1) is 0 Å². The topological polar surface area (TPSA) is 58.1 Å². The molecule has 0 spiro atoms. The SMILES string of the molecule is CN=C(NCc1ccccc1CN1CCOCC1)NCC(C)Oc1ccccc1F. The Hall–Kier alpha value is -2.64. The molecule has 1 aliphatic rings. The summed E-state index contributed by atoms with van der Waals surface area (Å²) < 4.78 is 24.9. The largest absolute Gasteiger partial charge is 0.486 e. The van der Waals surface area contributed by atoms with E-state index in [0.29, 0.717) is 19.0 Å². The van der Waals surface area contributed by atoms with E-state index in [2.05, 4.69) is 44.8 Å². The highest BCUT2D eigenvalue weighted by Crippen LogP contribution is 2.17. The summed E-state index contributed by atoms with van der Waals surface area (Å²) in [6.45, 7) is 7.50. The number of aliphatic imine (C=N–C) groups is 1. The second-order valence-electron chi connectivity index (χ2n) is 7.32. The van der Waals surface area contributed by atoms with Crippen molar-refractivity contribution in [2.75, 3.05) is 39.9 Å². The number of hydrogen-bond donors (Lipinski definition) is 2. The molecule has 0 bridgehead atoms. The molecule has 3 rings (SSSR count). The molecule has 2 N–H and O–H groups in total. The van der Waals surface area contributed by atoms with Crippen LogP contribution in [-0.2, 0) is 17.8 Å². The van der Waals surface area contributed by atoms with Crippen molar-refractivity contribution in [3.8, 4) is 5.75 Å². The molecular formula is C23H31FN4O2. The van der Waals surface area contributed by atoms with Crippen molar-refractivity contribution in [1.82, 2.24) is 15.5 Å². The van der Waals surface area contributed by atoms with Gasteiger partial charge in [0.05, 0.1) is 19.8 Å². The Bertz CT molecular complexity index is 824. The number of nitrogens with one attached hydrogen (secondary N) is 2. The second-order valence-corrected chi connectivity index (χ2v) is 7.32. The molecule has 0 amide bonds. The van der Waals surface area contributed by atoms with E-state index >= 15 is 0 Å². The van der Waals surface area contributed by atoms with Crippen LogP contribution < -0.4 is 15.4 Å². The number of ether oxygens (including phenoxy) is 2. The Kier molecular flexibility index (Phi) is 8.47. The smallest absolute Gasteiger partial charge is 0.191 e. The van der Waals surface area contributed by atoms with Gasteiger partial charge in [0, 0.05) is 33.2 Å². The average Bonchev–Trinajstić information content (AvgIpc) is 2.77. The van der Waals surface area contributed by atoms with E-state index in [0.717, 1.165) is 32.8 Å². The van der Waals surface area contributed by atoms with E-state index in [1.54, 1.807) is 25.2 Å². The normalized spacial score (nSPS) is 16.2. The van der Waals surface area contributed by atoms with Gasteiger partial charge in [0.2, 0.25) is 0 Å². The first-order valence-corrected chi connectivity index (χ1v) is 10.4. The lowest BCUT2D eigenvalue weighted by atomic mass is 10.1. The van der Waals surface area contributed by atoms with E-state index in [-0.39, 0.29) is 17.7 Å². The van der Waals surface area contributed by atoms with E-state index in [4.69, 9.17) is 9.47 Å². The highest BCUT2D eigenvalue weighted by molar-refractivity contribution is 5.79. The fraction of sp³-hybridized carbons (Fsp3) is 0.435. The van der Waals surface area contributed by atoms with Crippen LogP contribution in [0.4, 0.5) is 4.39 Å². The van der Waals surface area contributed by atoms with Gasteiger partial charge >= 0.3 is 0 Å². The van der Waals surface area contributed by atoms with E-state index in [1.165, 1.54) is 17.2 Å². The number of morpholine rings is 1. The monoisotopic (exact) mass is 414 g/mol. The van der Waals surface area contributed by atoms with Crippen molar-refractivity contribution < 1.29 is 13.9 Å². The summed E-state index contributed by atoms with van der Waals surface area (Å²) in [4.78, 5) is 6.70. The maximum Gasteiger partial charge on any atom is 0.191 e. The molecule has 162 valence electrons. The lowest BCUT2D eigenvalue weighted by Crippen LogP contribution is -2.41. The maximum absolute atomic E-state index is 13.7. The fourth-order valence-corrected chi connectivity index (χ4v) is 3.32. The van der Waals surface area contributed by atoms with Crippen LogP contribution >= 0.6 is 0 Å². The minimum Gasteiger partial charge on any atom is -0.486 e. The predicted molar refractivity (Wildman–Crippen MR) is 117 cm³/mol. The molecule has 2 aromatic carbocycles. The molecule has 30 heavy (non-hydrogen) atoms. The van der Waals surface area contributed by atoms with Crippen molar-refractivity contribution in [2.24, 2.45) is 4.99 Å². The summed E-state index contributed by atoms with van der Waals surface area (Å²) in [6, 6.07) is 14.9. The molecule has 0 aromatic heterocycles. The molecule has 0 aliphatic carbocycles. The molecule has 1 aliphatic heterocycles. The Labute approximate surface area is 178 Å². The molecule has 1 fully saturated rings. The van der Waals surface area contributed by atoms with Gasteiger partial charge in [-0.2, -0.15) is 0 Å². The standard InChI is InChI=1S/C23H31FN4O2/c1-18(30-22-10-6-5-9-21(22)24)15-26-23(25-2)27-16-19-7-3-4-8-20(19)17-28-11-13-29-14-12-28/h3-10,18H,11-17H2,1-2H3,(H2,25,26,27).